The summed E-state index contributed by atoms with van der Waals surface area (Å²) in [7, 11) is 0. The number of para-hydroxylation sites is 1. The van der Waals surface area contributed by atoms with Crippen molar-refractivity contribution in [2.75, 3.05) is 5.32 Å². The maximum absolute atomic E-state index is 13.9. The van der Waals surface area contributed by atoms with Crippen LogP contribution >= 0.6 is 0 Å². The third-order valence-corrected chi connectivity index (χ3v) is 4.74. The number of rotatable bonds is 5. The number of carbonyl (C=O) groups excluding carboxylic acids is 1. The number of fused-ring (bicyclic) bond motifs is 1. The number of anilines is 1. The van der Waals surface area contributed by atoms with Crippen LogP contribution < -0.4 is 5.32 Å². The number of nitrogens with zero attached hydrogens (tertiary/aromatic N) is 1. The van der Waals surface area contributed by atoms with Crippen molar-refractivity contribution in [3.05, 3.63) is 77.5 Å². The molecule has 0 bridgehead atoms. The third-order valence-electron chi connectivity index (χ3n) is 4.74. The van der Waals surface area contributed by atoms with E-state index in [9.17, 15) is 13.6 Å². The Morgan fingerprint density at radius 2 is 1.89 bits per heavy atom. The first-order valence-corrected chi connectivity index (χ1v) is 8.84. The molecule has 0 saturated heterocycles. The minimum Gasteiger partial charge on any atom is -0.332 e. The normalized spacial score (nSPS) is 11.2. The topological polar surface area (TPSA) is 34.0 Å². The van der Waals surface area contributed by atoms with Gasteiger partial charge in [-0.1, -0.05) is 32.1 Å². The molecule has 1 amide bonds. The third kappa shape index (κ3) is 3.37. The van der Waals surface area contributed by atoms with E-state index in [0.29, 0.717) is 18.2 Å². The van der Waals surface area contributed by atoms with Crippen molar-refractivity contribution in [1.29, 1.82) is 0 Å². The van der Waals surface area contributed by atoms with Crippen molar-refractivity contribution >= 4 is 22.5 Å². The first kappa shape index (κ1) is 18.8. The summed E-state index contributed by atoms with van der Waals surface area (Å²) in [4.78, 5) is 12.9. The average molecular weight is 368 g/mol. The number of amides is 1. The molecule has 0 fully saturated rings. The molecule has 5 heteroatoms. The second-order valence-corrected chi connectivity index (χ2v) is 6.85. The largest absolute Gasteiger partial charge is 0.332 e. The highest BCUT2D eigenvalue weighted by Gasteiger charge is 2.22. The number of nitrogens with one attached hydrogen (secondary N) is 1. The lowest BCUT2D eigenvalue weighted by Gasteiger charge is -2.11. The van der Waals surface area contributed by atoms with Crippen LogP contribution in [0.4, 0.5) is 14.5 Å². The van der Waals surface area contributed by atoms with Gasteiger partial charge in [-0.05, 0) is 48.2 Å². The maximum atomic E-state index is 13.9. The number of hydrogen-bond acceptors (Lipinski definition) is 1. The highest BCUT2D eigenvalue weighted by molar-refractivity contribution is 6.08. The van der Waals surface area contributed by atoms with Gasteiger partial charge in [0.25, 0.3) is 5.91 Å². The summed E-state index contributed by atoms with van der Waals surface area (Å²) < 4.78 is 29.7. The van der Waals surface area contributed by atoms with Crippen molar-refractivity contribution < 1.29 is 13.6 Å². The molecule has 2 aromatic carbocycles. The smallest absolute Gasteiger partial charge is 0.272 e. The Morgan fingerprint density at radius 3 is 2.48 bits per heavy atom. The number of carbonyl (C=O) groups is 1. The van der Waals surface area contributed by atoms with Gasteiger partial charge in [0, 0.05) is 17.4 Å². The van der Waals surface area contributed by atoms with Crippen LogP contribution in [0.3, 0.4) is 0 Å². The van der Waals surface area contributed by atoms with Gasteiger partial charge < -0.3 is 9.88 Å². The zero-order valence-corrected chi connectivity index (χ0v) is 15.6. The van der Waals surface area contributed by atoms with E-state index in [0.717, 1.165) is 34.2 Å². The van der Waals surface area contributed by atoms with E-state index >= 15 is 0 Å². The Bertz CT molecular complexity index is 1010. The summed E-state index contributed by atoms with van der Waals surface area (Å²) in [5, 5.41) is 3.34. The molecule has 0 aliphatic heterocycles. The molecule has 27 heavy (non-hydrogen) atoms. The maximum Gasteiger partial charge on any atom is 0.272 e. The SMILES string of the molecule is C=CCn1c(C(=O)Nc2c(F)cccc2F)c(C)c2cc(C(C)C)ccc21. The van der Waals surface area contributed by atoms with Gasteiger partial charge in [-0.3, -0.25) is 4.79 Å². The van der Waals surface area contributed by atoms with E-state index in [1.807, 2.05) is 23.6 Å². The summed E-state index contributed by atoms with van der Waals surface area (Å²) in [6.07, 6.45) is 1.69. The molecule has 0 atom stereocenters. The standard InChI is InChI=1S/C22H22F2N2O/c1-5-11-26-19-10-9-15(13(2)3)12-16(19)14(4)21(26)22(27)25-20-17(23)7-6-8-18(20)24/h5-10,12-13H,1,11H2,2-4H3,(H,25,27). The minimum atomic E-state index is -0.811. The number of benzene rings is 2. The highest BCUT2D eigenvalue weighted by Crippen LogP contribution is 2.30. The van der Waals surface area contributed by atoms with Gasteiger partial charge in [-0.2, -0.15) is 0 Å². The van der Waals surface area contributed by atoms with Gasteiger partial charge in [-0.15, -0.1) is 6.58 Å². The second-order valence-electron chi connectivity index (χ2n) is 6.85. The Morgan fingerprint density at radius 1 is 1.22 bits per heavy atom. The molecule has 0 unspecified atom stereocenters. The van der Waals surface area contributed by atoms with Crippen molar-refractivity contribution in [3.8, 4) is 0 Å². The lowest BCUT2D eigenvalue weighted by Crippen LogP contribution is -2.19. The van der Waals surface area contributed by atoms with Crippen LogP contribution in [0.25, 0.3) is 10.9 Å². The fourth-order valence-electron chi connectivity index (χ4n) is 3.30. The van der Waals surface area contributed by atoms with E-state index in [-0.39, 0.29) is 0 Å². The van der Waals surface area contributed by atoms with Gasteiger partial charge in [-0.25, -0.2) is 8.78 Å². The molecule has 0 saturated carbocycles. The fourth-order valence-corrected chi connectivity index (χ4v) is 3.30. The number of hydrogen-bond donors (Lipinski definition) is 1. The van der Waals surface area contributed by atoms with Crippen molar-refractivity contribution in [1.82, 2.24) is 4.57 Å². The van der Waals surface area contributed by atoms with E-state index in [2.05, 4.69) is 31.8 Å². The summed E-state index contributed by atoms with van der Waals surface area (Å²) in [6, 6.07) is 9.55. The van der Waals surface area contributed by atoms with Gasteiger partial charge >= 0.3 is 0 Å². The quantitative estimate of drug-likeness (QED) is 0.568. The van der Waals surface area contributed by atoms with E-state index < -0.39 is 23.2 Å². The molecule has 1 heterocycles. The van der Waals surface area contributed by atoms with E-state index in [1.165, 1.54) is 6.07 Å². The van der Waals surface area contributed by atoms with Crippen molar-refractivity contribution in [2.45, 2.75) is 33.2 Å². The monoisotopic (exact) mass is 368 g/mol. The summed E-state index contributed by atoms with van der Waals surface area (Å²) in [5.41, 5.74) is 2.74. The molecule has 0 aliphatic carbocycles. The van der Waals surface area contributed by atoms with Crippen molar-refractivity contribution in [3.63, 3.8) is 0 Å². The molecule has 3 aromatic rings. The summed E-state index contributed by atoms with van der Waals surface area (Å²) in [6.45, 7) is 10.2. The van der Waals surface area contributed by atoms with Crippen LogP contribution in [-0.2, 0) is 6.54 Å². The molecule has 1 aromatic heterocycles. The number of aromatic nitrogens is 1. The Labute approximate surface area is 157 Å². The highest BCUT2D eigenvalue weighted by atomic mass is 19.1. The lowest BCUT2D eigenvalue weighted by atomic mass is 10.0. The second kappa shape index (κ2) is 7.35. The molecule has 3 nitrogen and oxygen atoms in total. The van der Waals surface area contributed by atoms with Crippen LogP contribution in [0.1, 0.15) is 41.4 Å². The molecule has 3 rings (SSSR count). The zero-order chi connectivity index (χ0) is 19.7. The van der Waals surface area contributed by atoms with E-state index in [1.54, 1.807) is 6.08 Å². The predicted octanol–water partition coefficient (Wildman–Crippen LogP) is 5.79. The number of allylic oxidation sites excluding steroid dienone is 1. The molecule has 1 N–H and O–H groups in total. The van der Waals surface area contributed by atoms with Gasteiger partial charge in [0.05, 0.1) is 0 Å². The van der Waals surface area contributed by atoms with E-state index in [4.69, 9.17) is 0 Å². The molecular weight excluding hydrogens is 346 g/mol. The van der Waals surface area contributed by atoms with Crippen LogP contribution in [0.5, 0.6) is 0 Å². The molecular formula is C22H22F2N2O. The predicted molar refractivity (Wildman–Crippen MR) is 105 cm³/mol. The summed E-state index contributed by atoms with van der Waals surface area (Å²) >= 11 is 0. The van der Waals surface area contributed by atoms with Crippen molar-refractivity contribution in [2.24, 2.45) is 0 Å². The Hall–Kier alpha value is -2.95. The first-order chi connectivity index (χ1) is 12.8. The van der Waals surface area contributed by atoms with Crippen LogP contribution in [0.2, 0.25) is 0 Å². The van der Waals surface area contributed by atoms with Crippen LogP contribution in [-0.4, -0.2) is 10.5 Å². The number of halogens is 2. The average Bonchev–Trinajstić information content (AvgIpc) is 2.90. The Balaban J connectivity index is 2.14. The van der Waals surface area contributed by atoms with Crippen LogP contribution in [0, 0.1) is 18.6 Å². The molecule has 140 valence electrons. The van der Waals surface area contributed by atoms with Gasteiger partial charge in [0.1, 0.15) is 23.0 Å². The van der Waals surface area contributed by atoms with Crippen LogP contribution in [0.15, 0.2) is 49.1 Å². The first-order valence-electron chi connectivity index (χ1n) is 8.84. The number of aryl methyl sites for hydroxylation is 1. The molecule has 0 radical (unpaired) electrons. The Kier molecular flexibility index (Phi) is 5.13. The molecule has 0 spiro atoms. The molecule has 0 aliphatic rings. The van der Waals surface area contributed by atoms with Gasteiger partial charge in [0.15, 0.2) is 0 Å². The summed E-state index contributed by atoms with van der Waals surface area (Å²) in [5.74, 6) is -1.83. The minimum absolute atomic E-state index is 0.348. The fraction of sp³-hybridized carbons (Fsp3) is 0.227. The zero-order valence-electron chi connectivity index (χ0n) is 15.6. The van der Waals surface area contributed by atoms with Gasteiger partial charge in [0.2, 0.25) is 0 Å². The lowest BCUT2D eigenvalue weighted by molar-refractivity contribution is 0.101.